The Labute approximate surface area is 123 Å². The van der Waals surface area contributed by atoms with Crippen LogP contribution in [0.5, 0.6) is 0 Å². The number of aliphatic hydroxyl groups excluding tert-OH is 1. The van der Waals surface area contributed by atoms with Crippen molar-refractivity contribution in [3.05, 3.63) is 11.3 Å². The second-order valence-electron chi connectivity index (χ2n) is 5.23. The fraction of sp³-hybridized carbons (Fsp3) is 0.692. The highest BCUT2D eigenvalue weighted by Crippen LogP contribution is 2.34. The first kappa shape index (κ1) is 13.9. The first-order valence-corrected chi connectivity index (χ1v) is 8.19. The van der Waals surface area contributed by atoms with E-state index in [-0.39, 0.29) is 6.61 Å². The predicted octanol–water partition coefficient (Wildman–Crippen LogP) is 0.379. The van der Waals surface area contributed by atoms with Crippen molar-refractivity contribution in [2.24, 2.45) is 0 Å². The lowest BCUT2D eigenvalue weighted by atomic mass is 10.2. The number of nitrogens with zero attached hydrogens (tertiary/aromatic N) is 4. The van der Waals surface area contributed by atoms with E-state index >= 15 is 0 Å². The molecule has 0 aromatic carbocycles. The minimum atomic E-state index is 0.121. The van der Waals surface area contributed by atoms with Crippen LogP contribution in [0.15, 0.2) is 0 Å². The van der Waals surface area contributed by atoms with Crippen molar-refractivity contribution in [2.45, 2.75) is 11.5 Å². The van der Waals surface area contributed by atoms with Gasteiger partial charge in [0.25, 0.3) is 0 Å². The lowest BCUT2D eigenvalue weighted by Gasteiger charge is -2.32. The van der Waals surface area contributed by atoms with E-state index in [1.165, 1.54) is 5.56 Å². The average molecular weight is 295 g/mol. The third-order valence-corrected chi connectivity index (χ3v) is 4.73. The molecule has 6 nitrogen and oxygen atoms in total. The van der Waals surface area contributed by atoms with Crippen LogP contribution in [0.2, 0.25) is 0 Å². The number of aliphatic hydroxyl groups is 1. The zero-order valence-electron chi connectivity index (χ0n) is 11.8. The average Bonchev–Trinajstić information content (AvgIpc) is 2.94. The molecule has 110 valence electrons. The van der Waals surface area contributed by atoms with Crippen LogP contribution in [0.25, 0.3) is 0 Å². The highest BCUT2D eigenvalue weighted by molar-refractivity contribution is 7.98. The quantitative estimate of drug-likeness (QED) is 0.832. The van der Waals surface area contributed by atoms with Gasteiger partial charge in [-0.3, -0.25) is 0 Å². The molecule has 0 aliphatic carbocycles. The van der Waals surface area contributed by atoms with Crippen LogP contribution in [0.4, 0.5) is 11.8 Å². The van der Waals surface area contributed by atoms with Crippen molar-refractivity contribution < 1.29 is 5.11 Å². The highest BCUT2D eigenvalue weighted by atomic mass is 32.2. The van der Waals surface area contributed by atoms with Gasteiger partial charge in [0.15, 0.2) is 0 Å². The first-order chi connectivity index (χ1) is 9.78. The van der Waals surface area contributed by atoms with Crippen LogP contribution >= 0.6 is 11.8 Å². The van der Waals surface area contributed by atoms with Gasteiger partial charge in [0.1, 0.15) is 5.82 Å². The van der Waals surface area contributed by atoms with Crippen molar-refractivity contribution in [3.63, 3.8) is 0 Å². The number of aromatic nitrogens is 2. The van der Waals surface area contributed by atoms with Crippen molar-refractivity contribution in [2.75, 3.05) is 56.6 Å². The number of anilines is 2. The zero-order chi connectivity index (χ0) is 13.9. The van der Waals surface area contributed by atoms with E-state index in [2.05, 4.69) is 22.2 Å². The molecule has 0 unspecified atom stereocenters. The number of thioether (sulfide) groups is 1. The standard InChI is InChI=1S/C13H21N5OS/c1-17-3-5-18(6-4-17)13-15-11-9-20-8-10(11)12(16-13)14-2-7-19/h19H,2-9H2,1H3,(H,14,15,16). The molecule has 2 aliphatic heterocycles. The lowest BCUT2D eigenvalue weighted by molar-refractivity contribution is 0.310. The van der Waals surface area contributed by atoms with Crippen LogP contribution in [0.1, 0.15) is 11.3 Å². The summed E-state index contributed by atoms with van der Waals surface area (Å²) in [6, 6.07) is 0. The monoisotopic (exact) mass is 295 g/mol. The van der Waals surface area contributed by atoms with Crippen LogP contribution < -0.4 is 10.2 Å². The summed E-state index contributed by atoms with van der Waals surface area (Å²) in [5.41, 5.74) is 2.36. The molecule has 1 fully saturated rings. The number of hydrogen-bond acceptors (Lipinski definition) is 7. The summed E-state index contributed by atoms with van der Waals surface area (Å²) in [6.45, 7) is 4.71. The number of rotatable bonds is 4. The Balaban J connectivity index is 1.84. The summed E-state index contributed by atoms with van der Waals surface area (Å²) in [7, 11) is 2.14. The van der Waals surface area contributed by atoms with E-state index in [9.17, 15) is 0 Å². The molecule has 2 N–H and O–H groups in total. The predicted molar refractivity (Wildman–Crippen MR) is 82.3 cm³/mol. The number of nitrogens with one attached hydrogen (secondary N) is 1. The zero-order valence-corrected chi connectivity index (χ0v) is 12.6. The molecule has 3 heterocycles. The van der Waals surface area contributed by atoms with Crippen LogP contribution in [-0.4, -0.2) is 66.4 Å². The summed E-state index contributed by atoms with van der Waals surface area (Å²) in [6.07, 6.45) is 0. The van der Waals surface area contributed by atoms with Gasteiger partial charge in [-0.1, -0.05) is 0 Å². The van der Waals surface area contributed by atoms with Gasteiger partial charge in [0.05, 0.1) is 12.3 Å². The molecule has 0 spiro atoms. The molecule has 0 atom stereocenters. The van der Waals surface area contributed by atoms with Crippen LogP contribution in [0.3, 0.4) is 0 Å². The molecule has 1 aromatic heterocycles. The first-order valence-electron chi connectivity index (χ1n) is 7.03. The maximum Gasteiger partial charge on any atom is 0.227 e. The van der Waals surface area contributed by atoms with Gasteiger partial charge in [0.2, 0.25) is 5.95 Å². The Morgan fingerprint density at radius 2 is 2.00 bits per heavy atom. The molecule has 0 bridgehead atoms. The third-order valence-electron chi connectivity index (χ3n) is 3.76. The van der Waals surface area contributed by atoms with Crippen molar-refractivity contribution in [1.82, 2.24) is 14.9 Å². The SMILES string of the molecule is CN1CCN(c2nc3c(c(NCCO)n2)CSC3)CC1. The molecule has 1 aromatic rings. The van der Waals surface area contributed by atoms with E-state index in [1.807, 2.05) is 11.8 Å². The molecule has 1 saturated heterocycles. The molecular weight excluding hydrogens is 274 g/mol. The normalized spacial score (nSPS) is 19.2. The summed E-state index contributed by atoms with van der Waals surface area (Å²) < 4.78 is 0. The van der Waals surface area contributed by atoms with Gasteiger partial charge < -0.3 is 20.2 Å². The van der Waals surface area contributed by atoms with Crippen molar-refractivity contribution in [3.8, 4) is 0 Å². The Morgan fingerprint density at radius 3 is 2.75 bits per heavy atom. The summed E-state index contributed by atoms with van der Waals surface area (Å²) >= 11 is 1.87. The Morgan fingerprint density at radius 1 is 1.20 bits per heavy atom. The number of piperazine rings is 1. The van der Waals surface area contributed by atoms with E-state index in [0.717, 1.165) is 55.1 Å². The van der Waals surface area contributed by atoms with Gasteiger partial charge in [-0.2, -0.15) is 16.7 Å². The van der Waals surface area contributed by atoms with E-state index in [4.69, 9.17) is 15.1 Å². The summed E-state index contributed by atoms with van der Waals surface area (Å²) in [5, 5.41) is 12.2. The minimum absolute atomic E-state index is 0.121. The Kier molecular flexibility index (Phi) is 4.28. The molecule has 7 heteroatoms. The topological polar surface area (TPSA) is 64.5 Å². The van der Waals surface area contributed by atoms with Crippen LogP contribution in [-0.2, 0) is 11.5 Å². The van der Waals surface area contributed by atoms with E-state index in [1.54, 1.807) is 0 Å². The Bertz CT molecular complexity index is 476. The summed E-state index contributed by atoms with van der Waals surface area (Å²) in [4.78, 5) is 14.0. The maximum absolute atomic E-state index is 9.00. The largest absolute Gasteiger partial charge is 0.395 e. The van der Waals surface area contributed by atoms with Crippen molar-refractivity contribution in [1.29, 1.82) is 0 Å². The van der Waals surface area contributed by atoms with Crippen molar-refractivity contribution >= 4 is 23.5 Å². The smallest absolute Gasteiger partial charge is 0.227 e. The van der Waals surface area contributed by atoms with Gasteiger partial charge in [-0.05, 0) is 7.05 Å². The molecule has 3 rings (SSSR count). The lowest BCUT2D eigenvalue weighted by Crippen LogP contribution is -2.45. The van der Waals surface area contributed by atoms with Gasteiger partial charge in [-0.25, -0.2) is 4.98 Å². The molecule has 0 amide bonds. The second kappa shape index (κ2) is 6.15. The van der Waals surface area contributed by atoms with E-state index < -0.39 is 0 Å². The van der Waals surface area contributed by atoms with Crippen LogP contribution in [0, 0.1) is 0 Å². The molecule has 2 aliphatic rings. The maximum atomic E-state index is 9.00. The fourth-order valence-electron chi connectivity index (χ4n) is 2.51. The molecular formula is C13H21N5OS. The molecule has 20 heavy (non-hydrogen) atoms. The van der Waals surface area contributed by atoms with Gasteiger partial charge >= 0.3 is 0 Å². The Hall–Kier alpha value is -1.05. The summed E-state index contributed by atoms with van der Waals surface area (Å²) in [5.74, 6) is 3.67. The minimum Gasteiger partial charge on any atom is -0.395 e. The van der Waals surface area contributed by atoms with Gasteiger partial charge in [0, 0.05) is 49.8 Å². The number of likely N-dealkylation sites (N-methyl/N-ethyl adjacent to an activating group) is 1. The molecule has 0 saturated carbocycles. The van der Waals surface area contributed by atoms with E-state index in [0.29, 0.717) is 6.54 Å². The highest BCUT2D eigenvalue weighted by Gasteiger charge is 2.23. The van der Waals surface area contributed by atoms with Gasteiger partial charge in [-0.15, -0.1) is 0 Å². The number of fused-ring (bicyclic) bond motifs is 1. The second-order valence-corrected chi connectivity index (χ2v) is 6.22. The fourth-order valence-corrected chi connectivity index (χ4v) is 3.55. The number of hydrogen-bond donors (Lipinski definition) is 2. The third kappa shape index (κ3) is 2.84. The molecule has 0 radical (unpaired) electrons.